The van der Waals surface area contributed by atoms with E-state index in [-0.39, 0.29) is 0 Å². The normalized spacial score (nSPS) is 13.8. The average molecular weight is 235 g/mol. The topological polar surface area (TPSA) is 20.3 Å². The zero-order valence-corrected chi connectivity index (χ0v) is 9.91. The van der Waals surface area contributed by atoms with E-state index in [2.05, 4.69) is 11.0 Å². The number of anilines is 1. The van der Waals surface area contributed by atoms with E-state index < -0.39 is 0 Å². The van der Waals surface area contributed by atoms with Crippen LogP contribution < -0.4 is 4.90 Å². The fraction of sp³-hybridized carbons (Fsp3) is 0.0625. The summed E-state index contributed by atoms with van der Waals surface area (Å²) in [4.78, 5) is 13.3. The van der Waals surface area contributed by atoms with Crippen molar-refractivity contribution in [3.8, 4) is 0 Å². The van der Waals surface area contributed by atoms with E-state index in [1.807, 2.05) is 54.7 Å². The standard InChI is InChI=1S/C16H13NO/c18-12-14-11-17(15-7-2-1-3-8-15)10-13-6-4-5-9-16(13)14/h1-9,11-12H,10H2. The number of para-hydroxylation sites is 1. The van der Waals surface area contributed by atoms with Gasteiger partial charge in [-0.25, -0.2) is 0 Å². The van der Waals surface area contributed by atoms with E-state index in [9.17, 15) is 4.79 Å². The van der Waals surface area contributed by atoms with Crippen molar-refractivity contribution < 1.29 is 4.79 Å². The smallest absolute Gasteiger partial charge is 0.152 e. The molecule has 0 N–H and O–H groups in total. The summed E-state index contributed by atoms with van der Waals surface area (Å²) in [6.07, 6.45) is 2.85. The highest BCUT2D eigenvalue weighted by Crippen LogP contribution is 2.28. The zero-order chi connectivity index (χ0) is 12.4. The lowest BCUT2D eigenvalue weighted by Crippen LogP contribution is -2.21. The molecule has 1 aliphatic heterocycles. The molecule has 0 aromatic heterocycles. The van der Waals surface area contributed by atoms with Crippen LogP contribution in [0.15, 0.2) is 60.8 Å². The molecule has 0 bridgehead atoms. The summed E-state index contributed by atoms with van der Waals surface area (Å²) in [5.41, 5.74) is 4.07. The van der Waals surface area contributed by atoms with E-state index in [1.165, 1.54) is 5.56 Å². The van der Waals surface area contributed by atoms with Crippen molar-refractivity contribution in [2.75, 3.05) is 4.90 Å². The van der Waals surface area contributed by atoms with Crippen LogP contribution in [-0.4, -0.2) is 6.29 Å². The summed E-state index contributed by atoms with van der Waals surface area (Å²) >= 11 is 0. The van der Waals surface area contributed by atoms with Crippen LogP contribution in [0.25, 0.3) is 5.57 Å². The summed E-state index contributed by atoms with van der Waals surface area (Å²) in [6.45, 7) is 0.803. The monoisotopic (exact) mass is 235 g/mol. The number of aldehydes is 1. The molecule has 0 spiro atoms. The molecule has 88 valence electrons. The minimum absolute atomic E-state index is 0.737. The van der Waals surface area contributed by atoms with Crippen LogP contribution >= 0.6 is 0 Å². The molecule has 0 saturated carbocycles. The van der Waals surface area contributed by atoms with Crippen LogP contribution in [0.3, 0.4) is 0 Å². The Morgan fingerprint density at radius 2 is 1.67 bits per heavy atom. The first-order valence-electron chi connectivity index (χ1n) is 5.95. The summed E-state index contributed by atoms with van der Waals surface area (Å²) in [5.74, 6) is 0. The molecule has 0 atom stereocenters. The number of hydrogen-bond donors (Lipinski definition) is 0. The molecule has 0 fully saturated rings. The molecule has 0 aliphatic carbocycles. The Kier molecular flexibility index (Phi) is 2.69. The van der Waals surface area contributed by atoms with E-state index in [0.29, 0.717) is 0 Å². The third-order valence-electron chi connectivity index (χ3n) is 3.18. The van der Waals surface area contributed by atoms with Gasteiger partial charge in [0.2, 0.25) is 0 Å². The molecule has 0 radical (unpaired) electrons. The largest absolute Gasteiger partial charge is 0.343 e. The maximum atomic E-state index is 11.2. The van der Waals surface area contributed by atoms with E-state index in [4.69, 9.17) is 0 Å². The van der Waals surface area contributed by atoms with Crippen molar-refractivity contribution in [3.63, 3.8) is 0 Å². The summed E-state index contributed by atoms with van der Waals surface area (Å²) < 4.78 is 0. The lowest BCUT2D eigenvalue weighted by Gasteiger charge is -2.27. The van der Waals surface area contributed by atoms with Gasteiger partial charge in [-0.3, -0.25) is 4.79 Å². The predicted octanol–water partition coefficient (Wildman–Crippen LogP) is 3.25. The van der Waals surface area contributed by atoms with Gasteiger partial charge in [0.15, 0.2) is 6.29 Å². The van der Waals surface area contributed by atoms with Gasteiger partial charge >= 0.3 is 0 Å². The fourth-order valence-electron chi connectivity index (χ4n) is 2.29. The Hall–Kier alpha value is -2.35. The van der Waals surface area contributed by atoms with Crippen molar-refractivity contribution >= 4 is 17.5 Å². The van der Waals surface area contributed by atoms with Crippen LogP contribution in [0.2, 0.25) is 0 Å². The van der Waals surface area contributed by atoms with Crippen LogP contribution in [0.1, 0.15) is 11.1 Å². The van der Waals surface area contributed by atoms with E-state index >= 15 is 0 Å². The molecule has 2 aromatic carbocycles. The maximum Gasteiger partial charge on any atom is 0.152 e. The van der Waals surface area contributed by atoms with Gasteiger partial charge in [-0.1, -0.05) is 42.5 Å². The highest BCUT2D eigenvalue weighted by atomic mass is 16.1. The molecule has 3 rings (SSSR count). The second-order valence-electron chi connectivity index (χ2n) is 4.32. The zero-order valence-electron chi connectivity index (χ0n) is 9.91. The van der Waals surface area contributed by atoms with Gasteiger partial charge in [0.1, 0.15) is 0 Å². The van der Waals surface area contributed by atoms with Crippen LogP contribution in [-0.2, 0) is 11.3 Å². The Balaban J connectivity index is 2.06. The Bertz CT molecular complexity index is 602. The van der Waals surface area contributed by atoms with Crippen molar-refractivity contribution in [1.82, 2.24) is 0 Å². The lowest BCUT2D eigenvalue weighted by molar-refractivity contribution is -0.103. The highest BCUT2D eigenvalue weighted by Gasteiger charge is 2.16. The maximum absolute atomic E-state index is 11.2. The number of nitrogens with zero attached hydrogens (tertiary/aromatic N) is 1. The SMILES string of the molecule is O=CC1=CN(c2ccccc2)Cc2ccccc21. The van der Waals surface area contributed by atoms with Crippen LogP contribution in [0, 0.1) is 0 Å². The molecule has 0 amide bonds. The molecule has 0 unspecified atom stereocenters. The quantitative estimate of drug-likeness (QED) is 0.745. The molecule has 1 aliphatic rings. The minimum Gasteiger partial charge on any atom is -0.343 e. The molecule has 2 aromatic rings. The molecule has 0 saturated heterocycles. The van der Waals surface area contributed by atoms with Gasteiger partial charge in [-0.05, 0) is 23.3 Å². The highest BCUT2D eigenvalue weighted by molar-refractivity contribution is 6.08. The molecular weight excluding hydrogens is 222 g/mol. The third-order valence-corrected chi connectivity index (χ3v) is 3.18. The molecule has 1 heterocycles. The minimum atomic E-state index is 0.737. The van der Waals surface area contributed by atoms with Crippen LogP contribution in [0.4, 0.5) is 5.69 Å². The molecular formula is C16H13NO. The Labute approximate surface area is 106 Å². The summed E-state index contributed by atoms with van der Waals surface area (Å²) in [6, 6.07) is 18.1. The second-order valence-corrected chi connectivity index (χ2v) is 4.32. The number of hydrogen-bond acceptors (Lipinski definition) is 2. The van der Waals surface area contributed by atoms with E-state index in [1.54, 1.807) is 0 Å². The van der Waals surface area contributed by atoms with Gasteiger partial charge < -0.3 is 4.90 Å². The number of carbonyl (C=O) groups excluding carboxylic acids is 1. The number of allylic oxidation sites excluding steroid dienone is 1. The van der Waals surface area contributed by atoms with Crippen molar-refractivity contribution in [1.29, 1.82) is 0 Å². The van der Waals surface area contributed by atoms with Gasteiger partial charge in [0.05, 0.1) is 0 Å². The van der Waals surface area contributed by atoms with Crippen molar-refractivity contribution in [3.05, 3.63) is 71.9 Å². The molecule has 2 nitrogen and oxygen atoms in total. The van der Waals surface area contributed by atoms with Crippen molar-refractivity contribution in [2.24, 2.45) is 0 Å². The number of rotatable bonds is 2. The Morgan fingerprint density at radius 1 is 0.944 bits per heavy atom. The van der Waals surface area contributed by atoms with Gasteiger partial charge in [-0.2, -0.15) is 0 Å². The first kappa shape index (κ1) is 10.8. The number of benzene rings is 2. The van der Waals surface area contributed by atoms with E-state index in [0.717, 1.165) is 29.7 Å². The second kappa shape index (κ2) is 4.49. The average Bonchev–Trinajstić information content (AvgIpc) is 2.47. The Morgan fingerprint density at radius 3 is 2.44 bits per heavy atom. The third kappa shape index (κ3) is 1.82. The first-order valence-corrected chi connectivity index (χ1v) is 5.95. The summed E-state index contributed by atoms with van der Waals surface area (Å²) in [5, 5.41) is 0. The first-order chi connectivity index (χ1) is 8.88. The van der Waals surface area contributed by atoms with Gasteiger partial charge in [-0.15, -0.1) is 0 Å². The predicted molar refractivity (Wildman–Crippen MR) is 73.1 cm³/mol. The molecule has 2 heteroatoms. The van der Waals surface area contributed by atoms with Gasteiger partial charge in [0, 0.05) is 24.0 Å². The number of carbonyl (C=O) groups is 1. The lowest BCUT2D eigenvalue weighted by atomic mass is 9.97. The van der Waals surface area contributed by atoms with Gasteiger partial charge in [0.25, 0.3) is 0 Å². The summed E-state index contributed by atoms with van der Waals surface area (Å²) in [7, 11) is 0. The number of fused-ring (bicyclic) bond motifs is 1. The van der Waals surface area contributed by atoms with Crippen molar-refractivity contribution in [2.45, 2.75) is 6.54 Å². The molecule has 18 heavy (non-hydrogen) atoms. The van der Waals surface area contributed by atoms with Crippen LogP contribution in [0.5, 0.6) is 0 Å². The fourth-order valence-corrected chi connectivity index (χ4v) is 2.29.